The Morgan fingerprint density at radius 1 is 0.314 bits per heavy atom. The molecule has 0 saturated carbocycles. The van der Waals surface area contributed by atoms with Crippen molar-refractivity contribution in [2.24, 2.45) is 0 Å². The number of hydrogen-bond acceptors (Lipinski definition) is 9. The number of rotatable bonds is 29. The molecule has 0 atom stereocenters. The molecule has 0 bridgehead atoms. The molecule has 0 saturated heterocycles. The van der Waals surface area contributed by atoms with Gasteiger partial charge in [0.25, 0.3) is 0 Å². The van der Waals surface area contributed by atoms with E-state index in [9.17, 15) is 10.2 Å². The summed E-state index contributed by atoms with van der Waals surface area (Å²) in [5.74, 6) is 0. The van der Waals surface area contributed by atoms with E-state index in [2.05, 4.69) is 20.0 Å². The molecule has 6 N–H and O–H groups in total. The van der Waals surface area contributed by atoms with Gasteiger partial charge in [0.05, 0.1) is 0 Å². The highest BCUT2D eigenvalue weighted by atomic mass is 16.3. The Balaban J connectivity index is 4.72. The number of aliphatic hydroxyl groups excluding tert-OH is 5. The van der Waals surface area contributed by atoms with Crippen LogP contribution in [0.3, 0.4) is 0 Å². The summed E-state index contributed by atoms with van der Waals surface area (Å²) in [4.78, 5) is 7.45. The van der Waals surface area contributed by atoms with Gasteiger partial charge in [-0.25, -0.2) is 0 Å². The monoisotopic (exact) mass is 506 g/mol. The lowest BCUT2D eigenvalue weighted by atomic mass is 10.2. The minimum absolute atomic E-state index is 0.234. The first-order chi connectivity index (χ1) is 17.2. The number of hydrogen-bond donors (Lipinski definition) is 6. The highest BCUT2D eigenvalue weighted by Crippen LogP contribution is 2.04. The minimum Gasteiger partial charge on any atom is -0.396 e. The van der Waals surface area contributed by atoms with Crippen LogP contribution >= 0.6 is 0 Å². The van der Waals surface area contributed by atoms with Crippen LogP contribution in [0.2, 0.25) is 0 Å². The molecule has 0 aromatic rings. The molecular weight excluding hydrogens is 448 g/mol. The third-order valence-electron chi connectivity index (χ3n) is 6.36. The Labute approximate surface area is 215 Å². The van der Waals surface area contributed by atoms with Crippen LogP contribution in [0, 0.1) is 0 Å². The molecule has 0 heterocycles. The second kappa shape index (κ2) is 28.2. The third-order valence-corrected chi connectivity index (χ3v) is 6.36. The van der Waals surface area contributed by atoms with Crippen molar-refractivity contribution in [3.8, 4) is 0 Å². The Morgan fingerprint density at radius 2 is 0.629 bits per heavy atom. The average molecular weight is 507 g/mol. The molecular formula is C26H58N4O5. The van der Waals surface area contributed by atoms with E-state index in [1.54, 1.807) is 0 Å². The van der Waals surface area contributed by atoms with Crippen molar-refractivity contribution in [2.45, 2.75) is 64.2 Å². The van der Waals surface area contributed by atoms with Crippen LogP contribution in [0.4, 0.5) is 0 Å². The highest BCUT2D eigenvalue weighted by molar-refractivity contribution is 4.69. The van der Waals surface area contributed by atoms with Crippen LogP contribution < -0.4 is 5.32 Å². The summed E-state index contributed by atoms with van der Waals surface area (Å²) in [6.07, 6.45) is 9.11. The molecule has 212 valence electrons. The lowest BCUT2D eigenvalue weighted by Crippen LogP contribution is -2.42. The standard InChI is InChI=1S/C26H58N4O5/c31-22-6-1-11-27-12-17-29(15-4-9-25-34)19-21-30(16-5-10-26-35)20-18-28(13-2-7-23-32)14-3-8-24-33/h27,31-35H,1-26H2. The van der Waals surface area contributed by atoms with Crippen molar-refractivity contribution in [3.63, 3.8) is 0 Å². The van der Waals surface area contributed by atoms with E-state index in [1.165, 1.54) is 0 Å². The van der Waals surface area contributed by atoms with Crippen LogP contribution in [-0.2, 0) is 0 Å². The number of unbranched alkanes of at least 4 members (excludes halogenated alkanes) is 5. The average Bonchev–Trinajstić information content (AvgIpc) is 2.86. The second-order valence-corrected chi connectivity index (χ2v) is 9.43. The van der Waals surface area contributed by atoms with Crippen molar-refractivity contribution >= 4 is 0 Å². The van der Waals surface area contributed by atoms with E-state index in [4.69, 9.17) is 15.3 Å². The first kappa shape index (κ1) is 34.6. The molecule has 35 heavy (non-hydrogen) atoms. The maximum atomic E-state index is 9.23. The minimum atomic E-state index is 0.234. The molecule has 0 aromatic heterocycles. The van der Waals surface area contributed by atoms with Gasteiger partial charge in [0.1, 0.15) is 0 Å². The fourth-order valence-corrected chi connectivity index (χ4v) is 4.08. The molecule has 0 aliphatic carbocycles. The lowest BCUT2D eigenvalue weighted by Gasteiger charge is -2.30. The molecule has 9 nitrogen and oxygen atoms in total. The van der Waals surface area contributed by atoms with Gasteiger partial charge in [0.15, 0.2) is 0 Å². The van der Waals surface area contributed by atoms with Crippen molar-refractivity contribution in [1.82, 2.24) is 20.0 Å². The van der Waals surface area contributed by atoms with E-state index in [0.717, 1.165) is 136 Å². The molecule has 0 aliphatic heterocycles. The summed E-state index contributed by atoms with van der Waals surface area (Å²) in [5.41, 5.74) is 0. The first-order valence-electron chi connectivity index (χ1n) is 14.1. The van der Waals surface area contributed by atoms with Crippen LogP contribution in [0.1, 0.15) is 64.2 Å². The maximum Gasteiger partial charge on any atom is 0.0431 e. The number of nitrogens with zero attached hydrogens (tertiary/aromatic N) is 3. The van der Waals surface area contributed by atoms with E-state index in [0.29, 0.717) is 0 Å². The zero-order valence-corrected chi connectivity index (χ0v) is 22.5. The van der Waals surface area contributed by atoms with Gasteiger partial charge in [0, 0.05) is 72.3 Å². The van der Waals surface area contributed by atoms with Gasteiger partial charge in [-0.15, -0.1) is 0 Å². The Hall–Kier alpha value is -0.360. The molecule has 9 heteroatoms. The molecule has 0 amide bonds. The summed E-state index contributed by atoms with van der Waals surface area (Å²) in [6, 6.07) is 0. The van der Waals surface area contributed by atoms with E-state index >= 15 is 0 Å². The van der Waals surface area contributed by atoms with Crippen LogP contribution in [0.25, 0.3) is 0 Å². The SMILES string of the molecule is OCCCCNCCN(CCCCO)CCN(CCCCO)CCN(CCCCO)CCCCO. The van der Waals surface area contributed by atoms with Crippen LogP contribution in [-0.4, -0.2) is 145 Å². The quantitative estimate of drug-likeness (QED) is 0.0798. The summed E-state index contributed by atoms with van der Waals surface area (Å²) in [6.45, 7) is 11.9. The first-order valence-corrected chi connectivity index (χ1v) is 14.1. The largest absolute Gasteiger partial charge is 0.396 e. The zero-order valence-electron chi connectivity index (χ0n) is 22.5. The molecule has 0 radical (unpaired) electrons. The molecule has 0 unspecified atom stereocenters. The molecule has 0 aliphatic rings. The van der Waals surface area contributed by atoms with E-state index < -0.39 is 0 Å². The number of nitrogens with one attached hydrogen (secondary N) is 1. The molecule has 0 fully saturated rings. The van der Waals surface area contributed by atoms with Crippen molar-refractivity contribution < 1.29 is 25.5 Å². The summed E-state index contributed by atoms with van der Waals surface area (Å²) < 4.78 is 0. The second-order valence-electron chi connectivity index (χ2n) is 9.43. The van der Waals surface area contributed by atoms with E-state index in [1.807, 2.05) is 0 Å². The predicted molar refractivity (Wildman–Crippen MR) is 144 cm³/mol. The predicted octanol–water partition coefficient (Wildman–Crippen LogP) is 0.345. The Kier molecular flexibility index (Phi) is 27.9. The van der Waals surface area contributed by atoms with Crippen molar-refractivity contribution in [1.29, 1.82) is 0 Å². The zero-order chi connectivity index (χ0) is 25.8. The van der Waals surface area contributed by atoms with Gasteiger partial charge in [0.2, 0.25) is 0 Å². The van der Waals surface area contributed by atoms with Gasteiger partial charge in [-0.3, -0.25) is 0 Å². The van der Waals surface area contributed by atoms with Gasteiger partial charge >= 0.3 is 0 Å². The lowest BCUT2D eigenvalue weighted by molar-refractivity contribution is 0.161. The Bertz CT molecular complexity index is 400. The van der Waals surface area contributed by atoms with Gasteiger partial charge in [-0.1, -0.05) is 0 Å². The van der Waals surface area contributed by atoms with Gasteiger partial charge in [-0.05, 0) is 96.9 Å². The van der Waals surface area contributed by atoms with Crippen molar-refractivity contribution in [3.05, 3.63) is 0 Å². The molecule has 0 spiro atoms. The summed E-state index contributed by atoms with van der Waals surface area (Å²) in [5, 5.41) is 49.1. The highest BCUT2D eigenvalue weighted by Gasteiger charge is 2.12. The van der Waals surface area contributed by atoms with Gasteiger partial charge in [-0.2, -0.15) is 0 Å². The normalized spacial score (nSPS) is 12.0. The third kappa shape index (κ3) is 23.8. The molecule has 0 aromatic carbocycles. The topological polar surface area (TPSA) is 123 Å². The molecule has 0 rings (SSSR count). The van der Waals surface area contributed by atoms with Crippen molar-refractivity contribution in [2.75, 3.05) is 105 Å². The van der Waals surface area contributed by atoms with Gasteiger partial charge < -0.3 is 45.5 Å². The van der Waals surface area contributed by atoms with Crippen LogP contribution in [0.5, 0.6) is 0 Å². The Morgan fingerprint density at radius 3 is 1.00 bits per heavy atom. The summed E-state index contributed by atoms with van der Waals surface area (Å²) in [7, 11) is 0. The maximum absolute atomic E-state index is 9.23. The fourth-order valence-electron chi connectivity index (χ4n) is 4.08. The number of aliphatic hydroxyl groups is 5. The van der Waals surface area contributed by atoms with Crippen LogP contribution in [0.15, 0.2) is 0 Å². The smallest absolute Gasteiger partial charge is 0.0431 e. The fraction of sp³-hybridized carbons (Fsp3) is 1.00. The van der Waals surface area contributed by atoms with E-state index in [-0.39, 0.29) is 33.0 Å². The summed E-state index contributed by atoms with van der Waals surface area (Å²) >= 11 is 0.